The van der Waals surface area contributed by atoms with Gasteiger partial charge < -0.3 is 4.42 Å². The molecule has 3 aromatic heterocycles. The molecule has 0 fully saturated rings. The molecule has 0 saturated heterocycles. The summed E-state index contributed by atoms with van der Waals surface area (Å²) in [6, 6.07) is 62.1. The molecule has 0 amide bonds. The van der Waals surface area contributed by atoms with E-state index in [0.29, 0.717) is 17.5 Å². The van der Waals surface area contributed by atoms with Gasteiger partial charge in [0.25, 0.3) is 0 Å². The van der Waals surface area contributed by atoms with Crippen LogP contribution in [0.5, 0.6) is 0 Å². The third-order valence-corrected chi connectivity index (χ3v) is 12.2. The number of para-hydroxylation sites is 1. The fourth-order valence-corrected chi connectivity index (χ4v) is 9.65. The molecule has 0 N–H and O–H groups in total. The molecule has 5 heteroatoms. The lowest BCUT2D eigenvalue weighted by Gasteiger charge is -2.14. The van der Waals surface area contributed by atoms with E-state index >= 15 is 0 Å². The minimum absolute atomic E-state index is 0.620. The number of benzene rings is 9. The van der Waals surface area contributed by atoms with Crippen molar-refractivity contribution in [1.29, 1.82) is 0 Å². The second-order valence-electron chi connectivity index (χ2n) is 14.3. The molecule has 0 radical (unpaired) electrons. The number of furan rings is 1. The summed E-state index contributed by atoms with van der Waals surface area (Å²) >= 11 is 1.80. The Morgan fingerprint density at radius 2 is 0.964 bits per heavy atom. The molecule has 0 aliphatic carbocycles. The topological polar surface area (TPSA) is 51.8 Å². The van der Waals surface area contributed by atoms with Gasteiger partial charge in [0, 0.05) is 47.6 Å². The van der Waals surface area contributed by atoms with Gasteiger partial charge >= 0.3 is 0 Å². The average Bonchev–Trinajstić information content (AvgIpc) is 3.84. The standard InChI is InChI=1S/C51H29N3OS/c1-2-14-34-30(11-1)23-25-38-36-15-3-4-16-37(36)43(29-42(34)38)51-53-49(52-50(54-51)33-24-26-40-39-17-6-8-22-46(39)56-47(40)28-33)32-13-9-12-31(27-32)35-19-10-21-45-48(35)41-18-5-7-20-44(41)55-45/h1-29H. The summed E-state index contributed by atoms with van der Waals surface area (Å²) in [5.41, 5.74) is 6.76. The third kappa shape index (κ3) is 4.81. The summed E-state index contributed by atoms with van der Waals surface area (Å²) in [5, 5.41) is 11.8. The van der Waals surface area contributed by atoms with Gasteiger partial charge in [-0.1, -0.05) is 140 Å². The summed E-state index contributed by atoms with van der Waals surface area (Å²) in [6.45, 7) is 0. The van der Waals surface area contributed by atoms with Crippen LogP contribution in [0.4, 0.5) is 0 Å². The van der Waals surface area contributed by atoms with E-state index in [4.69, 9.17) is 19.4 Å². The van der Waals surface area contributed by atoms with Crippen LogP contribution in [0.25, 0.3) is 120 Å². The summed E-state index contributed by atoms with van der Waals surface area (Å²) in [7, 11) is 0. The second kappa shape index (κ2) is 12.2. The Labute approximate surface area is 325 Å². The molecular weight excluding hydrogens is 703 g/mol. The summed E-state index contributed by atoms with van der Waals surface area (Å²) in [4.78, 5) is 15.9. The number of thiophene rings is 1. The zero-order valence-electron chi connectivity index (χ0n) is 29.9. The summed E-state index contributed by atoms with van der Waals surface area (Å²) in [6.07, 6.45) is 0. The van der Waals surface area contributed by atoms with Crippen LogP contribution in [0.15, 0.2) is 180 Å². The molecule has 0 saturated carbocycles. The number of rotatable bonds is 4. The van der Waals surface area contributed by atoms with E-state index in [1.807, 2.05) is 18.2 Å². The normalized spacial score (nSPS) is 11.9. The maximum Gasteiger partial charge on any atom is 0.164 e. The largest absolute Gasteiger partial charge is 0.456 e. The zero-order valence-corrected chi connectivity index (χ0v) is 30.7. The molecule has 0 unspecified atom stereocenters. The lowest BCUT2D eigenvalue weighted by molar-refractivity contribution is 0.669. The average molecular weight is 732 g/mol. The number of hydrogen-bond donors (Lipinski definition) is 0. The van der Waals surface area contributed by atoms with Gasteiger partial charge in [0.1, 0.15) is 11.2 Å². The Morgan fingerprint density at radius 1 is 0.339 bits per heavy atom. The van der Waals surface area contributed by atoms with Crippen LogP contribution in [0.1, 0.15) is 0 Å². The van der Waals surface area contributed by atoms with Crippen molar-refractivity contribution in [3.05, 3.63) is 176 Å². The van der Waals surface area contributed by atoms with Gasteiger partial charge in [-0.05, 0) is 79.8 Å². The van der Waals surface area contributed by atoms with E-state index in [9.17, 15) is 0 Å². The monoisotopic (exact) mass is 731 g/mol. The minimum atomic E-state index is 0.620. The van der Waals surface area contributed by atoms with Crippen LogP contribution in [-0.4, -0.2) is 15.0 Å². The van der Waals surface area contributed by atoms with E-state index in [2.05, 4.69) is 158 Å². The first-order valence-electron chi connectivity index (χ1n) is 18.8. The predicted octanol–water partition coefficient (Wildman–Crippen LogP) is 14.3. The maximum atomic E-state index is 6.27. The highest BCUT2D eigenvalue weighted by Crippen LogP contribution is 2.41. The number of hydrogen-bond acceptors (Lipinski definition) is 5. The molecule has 12 aromatic rings. The van der Waals surface area contributed by atoms with Crippen molar-refractivity contribution in [2.45, 2.75) is 0 Å². The zero-order chi connectivity index (χ0) is 36.7. The quantitative estimate of drug-likeness (QED) is 0.169. The Bertz CT molecular complexity index is 3560. The molecule has 9 aromatic carbocycles. The van der Waals surface area contributed by atoms with Crippen molar-refractivity contribution in [3.8, 4) is 45.3 Å². The second-order valence-corrected chi connectivity index (χ2v) is 15.4. The first-order chi connectivity index (χ1) is 27.7. The summed E-state index contributed by atoms with van der Waals surface area (Å²) in [5.74, 6) is 1.90. The molecule has 0 bridgehead atoms. The van der Waals surface area contributed by atoms with E-state index in [1.54, 1.807) is 11.3 Å². The Balaban J connectivity index is 1.11. The molecule has 260 valence electrons. The van der Waals surface area contributed by atoms with Crippen molar-refractivity contribution in [2.24, 2.45) is 0 Å². The first kappa shape index (κ1) is 31.2. The SMILES string of the molecule is c1cc(-c2nc(-c3ccc4c(c3)sc3ccccc34)nc(-c3cc4c5ccccc5ccc4c4ccccc34)n2)cc(-c2cccc3oc4ccccc4c23)c1. The van der Waals surface area contributed by atoms with Crippen LogP contribution in [0.3, 0.4) is 0 Å². The van der Waals surface area contributed by atoms with Gasteiger partial charge in [0.15, 0.2) is 17.5 Å². The van der Waals surface area contributed by atoms with Crippen molar-refractivity contribution in [3.63, 3.8) is 0 Å². The van der Waals surface area contributed by atoms with E-state index in [0.717, 1.165) is 55.1 Å². The summed E-state index contributed by atoms with van der Waals surface area (Å²) < 4.78 is 8.74. The van der Waals surface area contributed by atoms with E-state index in [1.165, 1.54) is 47.1 Å². The van der Waals surface area contributed by atoms with Crippen molar-refractivity contribution in [2.75, 3.05) is 0 Å². The van der Waals surface area contributed by atoms with Gasteiger partial charge in [-0.15, -0.1) is 11.3 Å². The Kier molecular flexibility index (Phi) is 6.76. The molecular formula is C51H29N3OS. The molecule has 0 aliphatic heterocycles. The van der Waals surface area contributed by atoms with E-state index < -0.39 is 0 Å². The Hall–Kier alpha value is -7.21. The highest BCUT2D eigenvalue weighted by Gasteiger charge is 2.19. The highest BCUT2D eigenvalue weighted by molar-refractivity contribution is 7.25. The van der Waals surface area contributed by atoms with Crippen molar-refractivity contribution < 1.29 is 4.42 Å². The first-order valence-corrected chi connectivity index (χ1v) is 19.6. The van der Waals surface area contributed by atoms with Crippen LogP contribution in [0, 0.1) is 0 Å². The fourth-order valence-electron chi connectivity index (χ4n) is 8.51. The molecule has 3 heterocycles. The van der Waals surface area contributed by atoms with Crippen LogP contribution in [0.2, 0.25) is 0 Å². The lowest BCUT2D eigenvalue weighted by atomic mass is 9.93. The fraction of sp³-hybridized carbons (Fsp3) is 0. The van der Waals surface area contributed by atoms with Gasteiger partial charge in [-0.25, -0.2) is 15.0 Å². The molecule has 4 nitrogen and oxygen atoms in total. The Morgan fingerprint density at radius 3 is 1.86 bits per heavy atom. The molecule has 0 atom stereocenters. The lowest BCUT2D eigenvalue weighted by Crippen LogP contribution is -2.01. The molecule has 0 aliphatic rings. The van der Waals surface area contributed by atoms with Gasteiger partial charge in [-0.3, -0.25) is 0 Å². The van der Waals surface area contributed by atoms with Gasteiger partial charge in [0.2, 0.25) is 0 Å². The van der Waals surface area contributed by atoms with Crippen LogP contribution >= 0.6 is 11.3 Å². The number of fused-ring (bicyclic) bond motifs is 11. The van der Waals surface area contributed by atoms with Crippen molar-refractivity contribution in [1.82, 2.24) is 15.0 Å². The smallest absolute Gasteiger partial charge is 0.164 e. The molecule has 56 heavy (non-hydrogen) atoms. The van der Waals surface area contributed by atoms with E-state index in [-0.39, 0.29) is 0 Å². The highest BCUT2D eigenvalue weighted by atomic mass is 32.1. The molecule has 0 spiro atoms. The third-order valence-electron chi connectivity index (χ3n) is 11.1. The maximum absolute atomic E-state index is 6.27. The number of nitrogens with zero attached hydrogens (tertiary/aromatic N) is 3. The van der Waals surface area contributed by atoms with Crippen LogP contribution < -0.4 is 0 Å². The van der Waals surface area contributed by atoms with Crippen molar-refractivity contribution >= 4 is 85.8 Å². The number of aromatic nitrogens is 3. The minimum Gasteiger partial charge on any atom is -0.456 e. The van der Waals surface area contributed by atoms with Crippen LogP contribution in [-0.2, 0) is 0 Å². The molecule has 12 rings (SSSR count). The predicted molar refractivity (Wildman–Crippen MR) is 234 cm³/mol. The van der Waals surface area contributed by atoms with Gasteiger partial charge in [-0.2, -0.15) is 0 Å². The van der Waals surface area contributed by atoms with Gasteiger partial charge in [0.05, 0.1) is 0 Å².